The second-order valence-corrected chi connectivity index (χ2v) is 10.3. The van der Waals surface area contributed by atoms with Crippen LogP contribution in [0.5, 0.6) is 0 Å². The highest BCUT2D eigenvalue weighted by atomic mass is 79.9. The van der Waals surface area contributed by atoms with Gasteiger partial charge in [-0.1, -0.05) is 7.43 Å². The molecule has 0 radical (unpaired) electrons. The van der Waals surface area contributed by atoms with Crippen LogP contribution in [0.15, 0.2) is 21.6 Å². The summed E-state index contributed by atoms with van der Waals surface area (Å²) in [6.07, 6.45) is 7.65. The smallest absolute Gasteiger partial charge is 0.219 e. The Balaban J connectivity index is 0.000000310. The topological polar surface area (TPSA) is 153 Å². The lowest BCUT2D eigenvalue weighted by molar-refractivity contribution is -0.129. The van der Waals surface area contributed by atoms with E-state index in [0.717, 1.165) is 63.3 Å². The van der Waals surface area contributed by atoms with E-state index in [1.165, 1.54) is 6.92 Å². The van der Waals surface area contributed by atoms with Gasteiger partial charge in [0.2, 0.25) is 11.1 Å². The fourth-order valence-electron chi connectivity index (χ4n) is 3.78. The average molecular weight is 651 g/mol. The molecule has 1 amide bonds. The van der Waals surface area contributed by atoms with Crippen molar-refractivity contribution in [3.05, 3.63) is 33.0 Å². The highest BCUT2D eigenvalue weighted by molar-refractivity contribution is 9.10. The number of nitrogens with two attached hydrogens (primary N) is 2. The largest absolute Gasteiger partial charge is 0.381 e. The normalized spacial score (nSPS) is 16.0. The van der Waals surface area contributed by atoms with Gasteiger partial charge in [0.25, 0.3) is 0 Å². The number of rotatable bonds is 2. The molecule has 0 unspecified atom stereocenters. The Morgan fingerprint density at radius 2 is 1.31 bits per heavy atom. The summed E-state index contributed by atoms with van der Waals surface area (Å²) in [6, 6.07) is 0. The molecule has 36 heavy (non-hydrogen) atoms. The standard InChI is InChI=1S/C11H15BrN4O.C9H13BrN4.C2H3ClO.CH4/c1-7(17)16-4-2-8(3-5-16)9-6-14-11(13)10(12)15-9;10-8-9(11)13-5-7(14-8)6-1-3-12-4-2-6;1-2(3)4;/h6,8H,2-5H2,1H3,(H2,13,14);5-6,12H,1-4H2,(H2,11,13);1H3;1H4. The number of amides is 1. The van der Waals surface area contributed by atoms with E-state index in [-0.39, 0.29) is 18.6 Å². The fourth-order valence-corrected chi connectivity index (χ4v) is 4.39. The zero-order valence-electron chi connectivity index (χ0n) is 19.8. The molecule has 0 aromatic carbocycles. The summed E-state index contributed by atoms with van der Waals surface area (Å²) in [6.45, 7) is 6.62. The summed E-state index contributed by atoms with van der Waals surface area (Å²) >= 11 is 11.2. The molecule has 5 N–H and O–H groups in total. The number of aromatic nitrogens is 4. The first-order valence-corrected chi connectivity index (χ1v) is 13.2. The number of hydrogen-bond acceptors (Lipinski definition) is 9. The molecule has 4 rings (SSSR count). The molecule has 2 aromatic heterocycles. The molecule has 0 bridgehead atoms. The lowest BCUT2D eigenvalue weighted by Gasteiger charge is -2.30. The molecule has 2 aliphatic heterocycles. The van der Waals surface area contributed by atoms with Crippen molar-refractivity contribution in [1.82, 2.24) is 30.2 Å². The summed E-state index contributed by atoms with van der Waals surface area (Å²) in [7, 11) is 0. The van der Waals surface area contributed by atoms with Gasteiger partial charge in [-0.3, -0.25) is 9.59 Å². The second-order valence-electron chi connectivity index (χ2n) is 8.22. The highest BCUT2D eigenvalue weighted by Gasteiger charge is 2.23. The third kappa shape index (κ3) is 10.6. The summed E-state index contributed by atoms with van der Waals surface area (Å²) in [5, 5.41) is 2.96. The zero-order chi connectivity index (χ0) is 26.0. The Morgan fingerprint density at radius 1 is 0.917 bits per heavy atom. The van der Waals surface area contributed by atoms with Crippen molar-refractivity contribution >= 4 is 66.2 Å². The van der Waals surface area contributed by atoms with Crippen LogP contribution in [-0.2, 0) is 9.59 Å². The van der Waals surface area contributed by atoms with Gasteiger partial charge in [0.15, 0.2) is 11.6 Å². The Labute approximate surface area is 234 Å². The van der Waals surface area contributed by atoms with Crippen LogP contribution in [0.3, 0.4) is 0 Å². The lowest BCUT2D eigenvalue weighted by Crippen LogP contribution is -2.36. The number of nitrogens with one attached hydrogen (secondary N) is 1. The molecule has 0 saturated carbocycles. The van der Waals surface area contributed by atoms with Gasteiger partial charge in [-0.25, -0.2) is 19.9 Å². The average Bonchev–Trinajstić information content (AvgIpc) is 2.83. The minimum Gasteiger partial charge on any atom is -0.381 e. The van der Waals surface area contributed by atoms with Crippen molar-refractivity contribution in [2.45, 2.75) is 58.8 Å². The molecule has 4 heterocycles. The van der Waals surface area contributed by atoms with Crippen molar-refractivity contribution in [1.29, 1.82) is 0 Å². The van der Waals surface area contributed by atoms with E-state index in [9.17, 15) is 9.59 Å². The summed E-state index contributed by atoms with van der Waals surface area (Å²) in [5.41, 5.74) is 13.2. The molecule has 2 saturated heterocycles. The first-order chi connectivity index (χ1) is 16.6. The van der Waals surface area contributed by atoms with E-state index in [4.69, 9.17) is 11.5 Å². The van der Waals surface area contributed by atoms with Gasteiger partial charge in [-0.05, 0) is 82.2 Å². The molecule has 10 nitrogen and oxygen atoms in total. The SMILES string of the molecule is C.CC(=O)Cl.CC(=O)N1CCC(c2cnc(N)c(Br)n2)CC1.Nc1ncc(C2CCNCC2)nc1Br. The second kappa shape index (κ2) is 16.1. The number of nitrogen functional groups attached to an aromatic ring is 2. The number of carbonyl (C=O) groups excluding carboxylic acids is 2. The Morgan fingerprint density at radius 3 is 1.67 bits per heavy atom. The third-order valence-electron chi connectivity index (χ3n) is 5.67. The molecular formula is C23H35Br2ClN8O2. The zero-order valence-corrected chi connectivity index (χ0v) is 23.7. The monoisotopic (exact) mass is 648 g/mol. The quantitative estimate of drug-likeness (QED) is 0.405. The first-order valence-electron chi connectivity index (χ1n) is 11.3. The Kier molecular flexibility index (Phi) is 14.3. The molecule has 2 fully saturated rings. The maximum atomic E-state index is 11.2. The summed E-state index contributed by atoms with van der Waals surface area (Å²) < 4.78 is 1.26. The van der Waals surface area contributed by atoms with Gasteiger partial charge in [0.1, 0.15) is 9.21 Å². The van der Waals surface area contributed by atoms with Gasteiger partial charge in [0, 0.05) is 38.8 Å². The summed E-state index contributed by atoms with van der Waals surface area (Å²) in [4.78, 5) is 39.3. The molecule has 0 atom stereocenters. The number of likely N-dealkylation sites (tertiary alicyclic amines) is 1. The Hall–Kier alpha value is -1.89. The van der Waals surface area contributed by atoms with E-state index in [1.54, 1.807) is 19.3 Å². The predicted octanol–water partition coefficient (Wildman–Crippen LogP) is 4.24. The minimum atomic E-state index is -0.361. The number of halogens is 3. The molecule has 13 heteroatoms. The van der Waals surface area contributed by atoms with Crippen LogP contribution in [0.25, 0.3) is 0 Å². The van der Waals surface area contributed by atoms with E-state index >= 15 is 0 Å². The molecule has 0 aliphatic carbocycles. The van der Waals surface area contributed by atoms with Gasteiger partial charge < -0.3 is 21.7 Å². The third-order valence-corrected chi connectivity index (χ3v) is 6.83. The van der Waals surface area contributed by atoms with Crippen molar-refractivity contribution < 1.29 is 9.59 Å². The highest BCUT2D eigenvalue weighted by Crippen LogP contribution is 2.28. The van der Waals surface area contributed by atoms with Crippen molar-refractivity contribution in [2.24, 2.45) is 0 Å². The molecule has 200 valence electrons. The molecule has 0 spiro atoms. The maximum Gasteiger partial charge on any atom is 0.219 e. The van der Waals surface area contributed by atoms with Crippen LogP contribution < -0.4 is 16.8 Å². The molecule has 2 aromatic rings. The minimum absolute atomic E-state index is 0. The predicted molar refractivity (Wildman–Crippen MR) is 151 cm³/mol. The van der Waals surface area contributed by atoms with E-state index in [2.05, 4.69) is 68.7 Å². The van der Waals surface area contributed by atoms with E-state index in [1.807, 2.05) is 4.90 Å². The number of hydrogen-bond donors (Lipinski definition) is 3. The number of nitrogens with zero attached hydrogens (tertiary/aromatic N) is 5. The van der Waals surface area contributed by atoms with Crippen LogP contribution in [0.2, 0.25) is 0 Å². The number of piperidine rings is 2. The van der Waals surface area contributed by atoms with Crippen molar-refractivity contribution in [3.63, 3.8) is 0 Å². The Bertz CT molecular complexity index is 996. The summed E-state index contributed by atoms with van der Waals surface area (Å²) in [5.74, 6) is 1.92. The molecule has 2 aliphatic rings. The van der Waals surface area contributed by atoms with Crippen molar-refractivity contribution in [3.8, 4) is 0 Å². The van der Waals surface area contributed by atoms with Crippen LogP contribution >= 0.6 is 43.5 Å². The van der Waals surface area contributed by atoms with Crippen molar-refractivity contribution in [2.75, 3.05) is 37.6 Å². The van der Waals surface area contributed by atoms with Crippen LogP contribution in [-0.4, -0.2) is 62.2 Å². The fraction of sp³-hybridized carbons (Fsp3) is 0.565. The van der Waals surface area contributed by atoms with Gasteiger partial charge in [0.05, 0.1) is 23.8 Å². The van der Waals surface area contributed by atoms with E-state index in [0.29, 0.717) is 32.7 Å². The molecular weight excluding hydrogens is 616 g/mol. The van der Waals surface area contributed by atoms with E-state index < -0.39 is 0 Å². The number of anilines is 2. The lowest BCUT2D eigenvalue weighted by atomic mass is 9.94. The van der Waals surface area contributed by atoms with Crippen LogP contribution in [0.4, 0.5) is 11.6 Å². The van der Waals surface area contributed by atoms with Gasteiger partial charge in [-0.15, -0.1) is 0 Å². The number of carbonyl (C=O) groups is 2. The first kappa shape index (κ1) is 32.1. The maximum absolute atomic E-state index is 11.2. The van der Waals surface area contributed by atoms with Gasteiger partial charge in [-0.2, -0.15) is 0 Å². The van der Waals surface area contributed by atoms with Crippen LogP contribution in [0.1, 0.15) is 70.2 Å². The van der Waals surface area contributed by atoms with Gasteiger partial charge >= 0.3 is 0 Å². The van der Waals surface area contributed by atoms with Crippen LogP contribution in [0, 0.1) is 0 Å².